The van der Waals surface area contributed by atoms with Gasteiger partial charge in [0.1, 0.15) is 11.6 Å². The molecule has 3 aromatic carbocycles. The van der Waals surface area contributed by atoms with Crippen LogP contribution in [0.5, 0.6) is 5.75 Å². The van der Waals surface area contributed by atoms with E-state index in [2.05, 4.69) is 31.8 Å². The van der Waals surface area contributed by atoms with E-state index in [-0.39, 0.29) is 5.91 Å². The van der Waals surface area contributed by atoms with Gasteiger partial charge >= 0.3 is 0 Å². The van der Waals surface area contributed by atoms with Crippen molar-refractivity contribution >= 4 is 39.6 Å². The zero-order chi connectivity index (χ0) is 21.5. The van der Waals surface area contributed by atoms with Crippen molar-refractivity contribution in [3.63, 3.8) is 0 Å². The Morgan fingerprint density at radius 2 is 1.60 bits per heavy atom. The predicted octanol–water partition coefficient (Wildman–Crippen LogP) is 4.61. The largest absolute Gasteiger partial charge is 0.496 e. The molecule has 6 nitrogen and oxygen atoms in total. The van der Waals surface area contributed by atoms with Gasteiger partial charge in [-0.2, -0.15) is 5.10 Å². The Labute approximate surface area is 180 Å². The van der Waals surface area contributed by atoms with Crippen LogP contribution in [0.15, 0.2) is 76.3 Å². The number of methoxy groups -OCH3 is 1. The molecule has 0 spiro atoms. The quantitative estimate of drug-likeness (QED) is 0.408. The number of amides is 2. The number of hydrazone groups is 1. The Kier molecular flexibility index (Phi) is 6.92. The Morgan fingerprint density at radius 3 is 2.27 bits per heavy atom. The molecular weight excluding hydrogens is 453 g/mol. The van der Waals surface area contributed by atoms with Gasteiger partial charge < -0.3 is 10.1 Å². The predicted molar refractivity (Wildman–Crippen MR) is 117 cm³/mol. The van der Waals surface area contributed by atoms with Crippen molar-refractivity contribution in [1.82, 2.24) is 5.43 Å². The fraction of sp³-hybridized carbons (Fsp3) is 0.0455. The van der Waals surface area contributed by atoms with Gasteiger partial charge in [-0.25, -0.2) is 9.82 Å². The maximum absolute atomic E-state index is 12.9. The Hall–Kier alpha value is -3.52. The zero-order valence-electron chi connectivity index (χ0n) is 15.9. The highest BCUT2D eigenvalue weighted by molar-refractivity contribution is 9.10. The molecule has 0 fully saturated rings. The van der Waals surface area contributed by atoms with Gasteiger partial charge in [0.05, 0.1) is 13.3 Å². The van der Waals surface area contributed by atoms with Crippen LogP contribution in [0.25, 0.3) is 0 Å². The van der Waals surface area contributed by atoms with Crippen molar-refractivity contribution < 1.29 is 18.7 Å². The van der Waals surface area contributed by atoms with E-state index < -0.39 is 11.7 Å². The van der Waals surface area contributed by atoms with Crippen LogP contribution in [0.3, 0.4) is 0 Å². The fourth-order valence-corrected chi connectivity index (χ4v) is 2.92. The molecule has 0 saturated carbocycles. The highest BCUT2D eigenvalue weighted by Crippen LogP contribution is 2.21. The van der Waals surface area contributed by atoms with Gasteiger partial charge in [0.25, 0.3) is 11.8 Å². The second kappa shape index (κ2) is 9.80. The summed E-state index contributed by atoms with van der Waals surface area (Å²) < 4.78 is 19.1. The third-order valence-electron chi connectivity index (χ3n) is 4.07. The van der Waals surface area contributed by atoms with E-state index in [0.29, 0.717) is 28.1 Å². The molecule has 2 amide bonds. The Morgan fingerprint density at radius 1 is 0.967 bits per heavy atom. The van der Waals surface area contributed by atoms with Gasteiger partial charge in [-0.05, 0) is 66.7 Å². The van der Waals surface area contributed by atoms with Crippen LogP contribution in [-0.4, -0.2) is 25.1 Å². The summed E-state index contributed by atoms with van der Waals surface area (Å²) in [6, 6.07) is 17.0. The number of anilines is 1. The van der Waals surface area contributed by atoms with Crippen LogP contribution in [0, 0.1) is 5.82 Å². The van der Waals surface area contributed by atoms with E-state index in [4.69, 9.17) is 4.74 Å². The first-order chi connectivity index (χ1) is 14.5. The molecular formula is C22H17BrFN3O3. The number of nitrogens with zero attached hydrogens (tertiary/aromatic N) is 1. The minimum atomic E-state index is -0.414. The first kappa shape index (κ1) is 21.2. The fourth-order valence-electron chi connectivity index (χ4n) is 2.54. The maximum atomic E-state index is 12.9. The lowest BCUT2D eigenvalue weighted by Gasteiger charge is -2.07. The summed E-state index contributed by atoms with van der Waals surface area (Å²) >= 11 is 3.37. The molecule has 0 atom stereocenters. The molecule has 0 bridgehead atoms. The number of benzene rings is 3. The number of nitrogens with one attached hydrogen (secondary N) is 2. The van der Waals surface area contributed by atoms with Crippen molar-refractivity contribution in [2.75, 3.05) is 12.4 Å². The standard InChI is InChI=1S/C22H17BrFN3O3/c1-30-20-11-6-17(23)12-16(20)13-25-27-22(29)15-4-9-19(10-5-15)26-21(28)14-2-7-18(24)8-3-14/h2-13H,1H3,(H,26,28)(H,27,29). The summed E-state index contributed by atoms with van der Waals surface area (Å²) in [7, 11) is 1.55. The summed E-state index contributed by atoms with van der Waals surface area (Å²) in [4.78, 5) is 24.4. The Balaban J connectivity index is 1.60. The van der Waals surface area contributed by atoms with Crippen molar-refractivity contribution in [3.8, 4) is 5.75 Å². The second-order valence-corrected chi connectivity index (χ2v) is 7.04. The van der Waals surface area contributed by atoms with Gasteiger partial charge in [-0.15, -0.1) is 0 Å². The van der Waals surface area contributed by atoms with Crippen molar-refractivity contribution in [2.24, 2.45) is 5.10 Å². The number of rotatable bonds is 6. The lowest BCUT2D eigenvalue weighted by Crippen LogP contribution is -2.18. The molecule has 0 radical (unpaired) electrons. The molecule has 0 aliphatic carbocycles. The minimum absolute atomic E-state index is 0.329. The first-order valence-corrected chi connectivity index (χ1v) is 9.59. The number of carbonyl (C=O) groups is 2. The lowest BCUT2D eigenvalue weighted by atomic mass is 10.1. The van der Waals surface area contributed by atoms with E-state index in [9.17, 15) is 14.0 Å². The van der Waals surface area contributed by atoms with Gasteiger partial charge in [-0.1, -0.05) is 15.9 Å². The minimum Gasteiger partial charge on any atom is -0.496 e. The van der Waals surface area contributed by atoms with E-state index in [0.717, 1.165) is 4.47 Å². The molecule has 0 aliphatic rings. The summed E-state index contributed by atoms with van der Waals surface area (Å²) in [5.74, 6) is -0.572. The SMILES string of the molecule is COc1ccc(Br)cc1C=NNC(=O)c1ccc(NC(=O)c2ccc(F)cc2)cc1. The first-order valence-electron chi connectivity index (χ1n) is 8.80. The zero-order valence-corrected chi connectivity index (χ0v) is 17.4. The van der Waals surface area contributed by atoms with E-state index in [1.54, 1.807) is 37.4 Å². The Bertz CT molecular complexity index is 1080. The van der Waals surface area contributed by atoms with Gasteiger partial charge in [0, 0.05) is 26.9 Å². The number of hydrogen-bond acceptors (Lipinski definition) is 4. The molecule has 0 aromatic heterocycles. The molecule has 3 rings (SSSR count). The highest BCUT2D eigenvalue weighted by atomic mass is 79.9. The smallest absolute Gasteiger partial charge is 0.271 e. The highest BCUT2D eigenvalue weighted by Gasteiger charge is 2.08. The molecule has 152 valence electrons. The van der Waals surface area contributed by atoms with E-state index in [1.807, 2.05) is 12.1 Å². The van der Waals surface area contributed by atoms with Crippen molar-refractivity contribution in [3.05, 3.63) is 93.7 Å². The summed E-state index contributed by atoms with van der Waals surface area (Å²) in [6.07, 6.45) is 1.48. The van der Waals surface area contributed by atoms with Crippen LogP contribution in [-0.2, 0) is 0 Å². The van der Waals surface area contributed by atoms with Gasteiger partial charge in [-0.3, -0.25) is 9.59 Å². The van der Waals surface area contributed by atoms with Gasteiger partial charge in [0.2, 0.25) is 0 Å². The average Bonchev–Trinajstić information content (AvgIpc) is 2.75. The van der Waals surface area contributed by atoms with Crippen LogP contribution in [0.1, 0.15) is 26.3 Å². The van der Waals surface area contributed by atoms with Crippen LogP contribution in [0.4, 0.5) is 10.1 Å². The third kappa shape index (κ3) is 5.51. The summed E-state index contributed by atoms with van der Waals surface area (Å²) in [5, 5.41) is 6.64. The second-order valence-electron chi connectivity index (χ2n) is 6.12. The number of carbonyl (C=O) groups excluding carboxylic acids is 2. The van der Waals surface area contributed by atoms with Gasteiger partial charge in [0.15, 0.2) is 0 Å². The van der Waals surface area contributed by atoms with Crippen LogP contribution < -0.4 is 15.5 Å². The normalized spacial score (nSPS) is 10.6. The molecule has 0 saturated heterocycles. The van der Waals surface area contributed by atoms with E-state index >= 15 is 0 Å². The molecule has 0 unspecified atom stereocenters. The molecule has 0 aliphatic heterocycles. The maximum Gasteiger partial charge on any atom is 0.271 e. The van der Waals surface area contributed by atoms with Crippen molar-refractivity contribution in [1.29, 1.82) is 0 Å². The van der Waals surface area contributed by atoms with Crippen molar-refractivity contribution in [2.45, 2.75) is 0 Å². The third-order valence-corrected chi connectivity index (χ3v) is 4.57. The van der Waals surface area contributed by atoms with E-state index in [1.165, 1.54) is 30.5 Å². The monoisotopic (exact) mass is 469 g/mol. The lowest BCUT2D eigenvalue weighted by molar-refractivity contribution is 0.0954. The molecule has 2 N–H and O–H groups in total. The van der Waals surface area contributed by atoms with Crippen LogP contribution in [0.2, 0.25) is 0 Å². The summed E-state index contributed by atoms with van der Waals surface area (Å²) in [6.45, 7) is 0. The molecule has 8 heteroatoms. The van der Waals surface area contributed by atoms with Crippen LogP contribution >= 0.6 is 15.9 Å². The topological polar surface area (TPSA) is 79.8 Å². The molecule has 0 heterocycles. The number of halogens is 2. The number of hydrogen-bond donors (Lipinski definition) is 2. The summed E-state index contributed by atoms with van der Waals surface area (Å²) in [5.41, 5.74) is 4.35. The molecule has 3 aromatic rings. The average molecular weight is 470 g/mol. The number of ether oxygens (including phenoxy) is 1. The molecule has 30 heavy (non-hydrogen) atoms.